The number of imide groups is 1. The second-order valence-corrected chi connectivity index (χ2v) is 6.21. The topological polar surface area (TPSA) is 58.6 Å². The number of aryl methyl sites for hydroxylation is 1. The summed E-state index contributed by atoms with van der Waals surface area (Å²) in [5.74, 6) is -0.455. The van der Waals surface area contributed by atoms with Gasteiger partial charge in [-0.05, 0) is 48.9 Å². The molecule has 2 aromatic carbocycles. The van der Waals surface area contributed by atoms with Crippen LogP contribution in [0.15, 0.2) is 53.2 Å². The molecule has 1 aliphatic heterocycles. The van der Waals surface area contributed by atoms with Gasteiger partial charge in [0.15, 0.2) is 0 Å². The first-order valence-corrected chi connectivity index (χ1v) is 8.13. The smallest absolute Gasteiger partial charge is 0.283 e. The van der Waals surface area contributed by atoms with Gasteiger partial charge in [0.25, 0.3) is 11.8 Å². The Kier molecular flexibility index (Phi) is 4.70. The van der Waals surface area contributed by atoms with Crippen LogP contribution >= 0.6 is 23.2 Å². The average molecular weight is 377 g/mol. The third-order valence-corrected chi connectivity index (χ3v) is 4.56. The second-order valence-electron chi connectivity index (χ2n) is 5.42. The molecule has 2 aromatic rings. The summed E-state index contributed by atoms with van der Waals surface area (Å²) in [6.07, 6.45) is 0. The number of nitrogens with zero attached hydrogens (tertiary/aromatic N) is 1. The molecule has 0 unspecified atom stereocenters. The molecule has 0 saturated carbocycles. The first kappa shape index (κ1) is 17.3. The van der Waals surface area contributed by atoms with Crippen LogP contribution in [-0.2, 0) is 9.59 Å². The van der Waals surface area contributed by atoms with Gasteiger partial charge in [-0.2, -0.15) is 0 Å². The summed E-state index contributed by atoms with van der Waals surface area (Å²) < 4.78 is 5.09. The molecule has 1 aliphatic rings. The number of nitrogens with one attached hydrogen (secondary N) is 1. The summed E-state index contributed by atoms with van der Waals surface area (Å²) >= 11 is 12.2. The number of hydrogen-bond donors (Lipinski definition) is 1. The Morgan fingerprint density at radius 2 is 1.68 bits per heavy atom. The molecule has 0 fully saturated rings. The predicted molar refractivity (Wildman–Crippen MR) is 98.2 cm³/mol. The van der Waals surface area contributed by atoms with Crippen molar-refractivity contribution in [3.63, 3.8) is 0 Å². The van der Waals surface area contributed by atoms with E-state index in [1.165, 1.54) is 0 Å². The molecule has 0 bridgehead atoms. The molecule has 0 saturated heterocycles. The van der Waals surface area contributed by atoms with Crippen LogP contribution in [0.5, 0.6) is 5.75 Å². The Morgan fingerprint density at radius 3 is 2.28 bits per heavy atom. The van der Waals surface area contributed by atoms with Crippen molar-refractivity contribution >= 4 is 46.4 Å². The van der Waals surface area contributed by atoms with E-state index < -0.39 is 11.8 Å². The van der Waals surface area contributed by atoms with Crippen molar-refractivity contribution in [2.45, 2.75) is 6.92 Å². The number of methoxy groups -OCH3 is 1. The lowest BCUT2D eigenvalue weighted by atomic mass is 10.2. The maximum Gasteiger partial charge on any atom is 0.283 e. The Morgan fingerprint density at radius 1 is 1.00 bits per heavy atom. The van der Waals surface area contributed by atoms with Crippen molar-refractivity contribution in [3.8, 4) is 5.75 Å². The number of amides is 2. The summed E-state index contributed by atoms with van der Waals surface area (Å²) in [5, 5.41) is 3.19. The zero-order valence-corrected chi connectivity index (χ0v) is 15.0. The lowest BCUT2D eigenvalue weighted by Gasteiger charge is -2.16. The summed E-state index contributed by atoms with van der Waals surface area (Å²) in [5.41, 5.74) is 1.85. The van der Waals surface area contributed by atoms with Crippen LogP contribution < -0.4 is 15.0 Å². The van der Waals surface area contributed by atoms with E-state index >= 15 is 0 Å². The fourth-order valence-corrected chi connectivity index (χ4v) is 2.77. The molecule has 3 rings (SSSR count). The molecule has 0 aromatic heterocycles. The van der Waals surface area contributed by atoms with Crippen molar-refractivity contribution in [2.24, 2.45) is 0 Å². The molecule has 7 heteroatoms. The fourth-order valence-electron chi connectivity index (χ4n) is 2.39. The van der Waals surface area contributed by atoms with Crippen LogP contribution in [0.2, 0.25) is 5.02 Å². The molecular weight excluding hydrogens is 363 g/mol. The van der Waals surface area contributed by atoms with Gasteiger partial charge in [0.05, 0.1) is 12.8 Å². The predicted octanol–water partition coefficient (Wildman–Crippen LogP) is 4.09. The van der Waals surface area contributed by atoms with Crippen molar-refractivity contribution < 1.29 is 14.3 Å². The van der Waals surface area contributed by atoms with Gasteiger partial charge in [-0.25, -0.2) is 4.90 Å². The number of benzene rings is 2. The van der Waals surface area contributed by atoms with Gasteiger partial charge in [0.1, 0.15) is 16.5 Å². The molecule has 0 atom stereocenters. The molecule has 1 N–H and O–H groups in total. The number of ether oxygens (including phenoxy) is 1. The van der Waals surface area contributed by atoms with Crippen LogP contribution in [0.4, 0.5) is 11.4 Å². The lowest BCUT2D eigenvalue weighted by molar-refractivity contribution is -0.120. The fraction of sp³-hybridized carbons (Fsp3) is 0.111. The van der Waals surface area contributed by atoms with Crippen LogP contribution in [0.25, 0.3) is 0 Å². The SMILES string of the molecule is COc1ccc(NC2=C(Cl)C(=O)N(c3ccc(C)c(Cl)c3)C2=O)cc1. The lowest BCUT2D eigenvalue weighted by Crippen LogP contribution is -2.32. The summed E-state index contributed by atoms with van der Waals surface area (Å²) in [4.78, 5) is 26.1. The van der Waals surface area contributed by atoms with Gasteiger partial charge in [-0.3, -0.25) is 9.59 Å². The van der Waals surface area contributed by atoms with Gasteiger partial charge in [0.2, 0.25) is 0 Å². The van der Waals surface area contributed by atoms with Crippen LogP contribution in [0.3, 0.4) is 0 Å². The average Bonchev–Trinajstić information content (AvgIpc) is 2.82. The minimum absolute atomic E-state index is 0.0218. The zero-order valence-electron chi connectivity index (χ0n) is 13.5. The Balaban J connectivity index is 1.89. The van der Waals surface area contributed by atoms with Crippen LogP contribution in [0, 0.1) is 6.92 Å². The molecule has 0 aliphatic carbocycles. The maximum atomic E-state index is 12.7. The molecule has 1 heterocycles. The summed E-state index contributed by atoms with van der Waals surface area (Å²) in [6.45, 7) is 1.83. The highest BCUT2D eigenvalue weighted by Gasteiger charge is 2.39. The van der Waals surface area contributed by atoms with E-state index in [4.69, 9.17) is 27.9 Å². The summed E-state index contributed by atoms with van der Waals surface area (Å²) in [6, 6.07) is 11.9. The van der Waals surface area contributed by atoms with Crippen molar-refractivity contribution in [2.75, 3.05) is 17.3 Å². The largest absolute Gasteiger partial charge is 0.497 e. The molecule has 128 valence electrons. The standard InChI is InChI=1S/C18H14Cl2N2O3/c1-10-3-6-12(9-14(10)19)22-17(23)15(20)16(18(22)24)21-11-4-7-13(25-2)8-5-11/h3-9,21H,1-2H3. The van der Waals surface area contributed by atoms with E-state index in [1.807, 2.05) is 6.92 Å². The molecular formula is C18H14Cl2N2O3. The molecule has 25 heavy (non-hydrogen) atoms. The minimum Gasteiger partial charge on any atom is -0.497 e. The number of rotatable bonds is 4. The van der Waals surface area contributed by atoms with Crippen LogP contribution in [-0.4, -0.2) is 18.9 Å². The minimum atomic E-state index is -0.595. The van der Waals surface area contributed by atoms with Crippen molar-refractivity contribution in [1.82, 2.24) is 0 Å². The first-order valence-electron chi connectivity index (χ1n) is 7.38. The van der Waals surface area contributed by atoms with E-state index in [0.717, 1.165) is 10.5 Å². The van der Waals surface area contributed by atoms with Gasteiger partial charge in [0, 0.05) is 10.7 Å². The van der Waals surface area contributed by atoms with Gasteiger partial charge in [-0.1, -0.05) is 29.3 Å². The highest BCUT2D eigenvalue weighted by atomic mass is 35.5. The number of hydrogen-bond acceptors (Lipinski definition) is 4. The molecule has 2 amide bonds. The van der Waals surface area contributed by atoms with Gasteiger partial charge < -0.3 is 10.1 Å². The third-order valence-electron chi connectivity index (χ3n) is 3.80. The third kappa shape index (κ3) is 3.21. The van der Waals surface area contributed by atoms with Crippen LogP contribution in [0.1, 0.15) is 5.56 Å². The molecule has 5 nitrogen and oxygen atoms in total. The highest BCUT2D eigenvalue weighted by molar-refractivity contribution is 6.53. The van der Waals surface area contributed by atoms with Gasteiger partial charge in [-0.15, -0.1) is 0 Å². The summed E-state index contributed by atoms with van der Waals surface area (Å²) in [7, 11) is 1.56. The van der Waals surface area contributed by atoms with E-state index in [9.17, 15) is 9.59 Å². The Labute approximate surface area is 154 Å². The second kappa shape index (κ2) is 6.78. The van der Waals surface area contributed by atoms with Crippen molar-refractivity contribution in [3.05, 3.63) is 63.8 Å². The number of anilines is 2. The number of halogens is 2. The van der Waals surface area contributed by atoms with E-state index in [0.29, 0.717) is 22.1 Å². The Hall–Kier alpha value is -2.50. The Bertz CT molecular complexity index is 892. The van der Waals surface area contributed by atoms with E-state index in [-0.39, 0.29) is 10.7 Å². The zero-order chi connectivity index (χ0) is 18.1. The first-order chi connectivity index (χ1) is 11.9. The molecule has 0 radical (unpaired) electrons. The monoisotopic (exact) mass is 376 g/mol. The number of carbonyl (C=O) groups is 2. The van der Waals surface area contributed by atoms with Gasteiger partial charge >= 0.3 is 0 Å². The maximum absolute atomic E-state index is 12.7. The molecule has 0 spiro atoms. The highest BCUT2D eigenvalue weighted by Crippen LogP contribution is 2.32. The van der Waals surface area contributed by atoms with E-state index in [1.54, 1.807) is 49.6 Å². The normalized spacial score (nSPS) is 14.3. The van der Waals surface area contributed by atoms with E-state index in [2.05, 4.69) is 5.32 Å². The number of carbonyl (C=O) groups excluding carboxylic acids is 2. The quantitative estimate of drug-likeness (QED) is 0.816. The van der Waals surface area contributed by atoms with Crippen molar-refractivity contribution in [1.29, 1.82) is 0 Å².